The molecule has 0 N–H and O–H groups in total. The first kappa shape index (κ1) is 17.5. The predicted molar refractivity (Wildman–Crippen MR) is 93.5 cm³/mol. The summed E-state index contributed by atoms with van der Waals surface area (Å²) in [6.07, 6.45) is 0. The minimum absolute atomic E-state index is 0.229. The normalized spacial score (nSPS) is 11.7. The van der Waals surface area contributed by atoms with Crippen molar-refractivity contribution in [2.24, 2.45) is 0 Å². The van der Waals surface area contributed by atoms with Gasteiger partial charge in [-0.15, -0.1) is 0 Å². The van der Waals surface area contributed by atoms with Crippen molar-refractivity contribution in [2.45, 2.75) is 11.4 Å². The fourth-order valence-corrected chi connectivity index (χ4v) is 4.57. The molecule has 0 bridgehead atoms. The number of ether oxygens (including phenoxy) is 1. The lowest BCUT2D eigenvalue weighted by atomic mass is 10.2. The molecule has 118 valence electrons. The van der Waals surface area contributed by atoms with Crippen molar-refractivity contribution in [1.82, 2.24) is 4.31 Å². The number of benzene rings is 2. The fourth-order valence-electron chi connectivity index (χ4n) is 1.96. The molecule has 2 aromatic rings. The first-order valence-corrected chi connectivity index (χ1v) is 9.41. The second kappa shape index (κ2) is 7.12. The largest absolute Gasteiger partial charge is 0.497 e. The Hall–Kier alpha value is -0.890. The van der Waals surface area contributed by atoms with E-state index in [4.69, 9.17) is 4.74 Å². The zero-order chi connectivity index (χ0) is 16.3. The molecule has 0 fully saturated rings. The Morgan fingerprint density at radius 1 is 1.14 bits per heavy atom. The topological polar surface area (TPSA) is 46.6 Å². The third-order valence-corrected chi connectivity index (χ3v) is 6.41. The van der Waals surface area contributed by atoms with Crippen molar-refractivity contribution in [3.05, 3.63) is 57.0 Å². The standard InChI is InChI=1S/C15H15Br2NO3S/c1-18(10-11-4-3-5-13(8-11)21-2)22(19,20)15-9-12(16)6-7-14(15)17/h3-9H,10H2,1-2H3. The molecule has 22 heavy (non-hydrogen) atoms. The van der Waals surface area contributed by atoms with Crippen molar-refractivity contribution < 1.29 is 13.2 Å². The van der Waals surface area contributed by atoms with Gasteiger partial charge in [-0.25, -0.2) is 8.42 Å². The predicted octanol–water partition coefficient (Wildman–Crippen LogP) is 4.04. The first-order chi connectivity index (χ1) is 10.3. The molecule has 0 spiro atoms. The van der Waals surface area contributed by atoms with Gasteiger partial charge in [0.05, 0.1) is 12.0 Å². The van der Waals surface area contributed by atoms with Crippen LogP contribution >= 0.6 is 31.9 Å². The Bertz CT molecular complexity index is 778. The van der Waals surface area contributed by atoms with E-state index in [2.05, 4.69) is 31.9 Å². The molecule has 0 saturated carbocycles. The van der Waals surface area contributed by atoms with Crippen LogP contribution < -0.4 is 4.74 Å². The van der Waals surface area contributed by atoms with Crippen molar-refractivity contribution in [1.29, 1.82) is 0 Å². The molecule has 0 saturated heterocycles. The molecule has 0 aliphatic heterocycles. The van der Waals surface area contributed by atoms with Gasteiger partial charge in [0, 0.05) is 22.5 Å². The average Bonchev–Trinajstić information content (AvgIpc) is 2.49. The van der Waals surface area contributed by atoms with Gasteiger partial charge in [-0.2, -0.15) is 4.31 Å². The SMILES string of the molecule is COc1cccc(CN(C)S(=O)(=O)c2cc(Br)ccc2Br)c1. The quantitative estimate of drug-likeness (QED) is 0.693. The molecular weight excluding hydrogens is 434 g/mol. The van der Waals surface area contributed by atoms with E-state index in [-0.39, 0.29) is 11.4 Å². The molecule has 7 heteroatoms. The van der Waals surface area contributed by atoms with Gasteiger partial charge < -0.3 is 4.74 Å². The molecule has 0 aliphatic rings. The van der Waals surface area contributed by atoms with Crippen molar-refractivity contribution in [2.75, 3.05) is 14.2 Å². The van der Waals surface area contributed by atoms with Gasteiger partial charge in [0.15, 0.2) is 0 Å². The molecule has 0 aromatic heterocycles. The highest BCUT2D eigenvalue weighted by Gasteiger charge is 2.23. The van der Waals surface area contributed by atoms with Crippen molar-refractivity contribution in [3.63, 3.8) is 0 Å². The van der Waals surface area contributed by atoms with Crippen LogP contribution in [0.5, 0.6) is 5.75 Å². The number of halogens is 2. The molecule has 0 radical (unpaired) electrons. The summed E-state index contributed by atoms with van der Waals surface area (Å²) in [7, 11) is -0.455. The highest BCUT2D eigenvalue weighted by Crippen LogP contribution is 2.28. The third kappa shape index (κ3) is 3.90. The minimum atomic E-state index is -3.59. The van der Waals surface area contributed by atoms with Crippen LogP contribution in [0.25, 0.3) is 0 Å². The summed E-state index contributed by atoms with van der Waals surface area (Å²) < 4.78 is 33.1. The van der Waals surface area contributed by atoms with E-state index in [1.165, 1.54) is 4.31 Å². The van der Waals surface area contributed by atoms with E-state index in [1.807, 2.05) is 24.3 Å². The minimum Gasteiger partial charge on any atom is -0.497 e. The maximum atomic E-state index is 12.7. The molecule has 0 heterocycles. The number of hydrogen-bond acceptors (Lipinski definition) is 3. The van der Waals surface area contributed by atoms with Crippen LogP contribution in [0.2, 0.25) is 0 Å². The van der Waals surface area contributed by atoms with E-state index in [0.717, 1.165) is 5.56 Å². The van der Waals surface area contributed by atoms with Gasteiger partial charge in [-0.3, -0.25) is 0 Å². The van der Waals surface area contributed by atoms with E-state index < -0.39 is 10.0 Å². The molecule has 0 amide bonds. The number of sulfonamides is 1. The zero-order valence-electron chi connectivity index (χ0n) is 12.1. The molecule has 4 nitrogen and oxygen atoms in total. The number of nitrogens with zero attached hydrogens (tertiary/aromatic N) is 1. The average molecular weight is 449 g/mol. The van der Waals surface area contributed by atoms with Crippen LogP contribution in [0, 0.1) is 0 Å². The molecule has 2 rings (SSSR count). The smallest absolute Gasteiger partial charge is 0.244 e. The van der Waals surface area contributed by atoms with E-state index in [1.54, 1.807) is 32.4 Å². The summed E-state index contributed by atoms with van der Waals surface area (Å²) >= 11 is 6.60. The van der Waals surface area contributed by atoms with Gasteiger partial charge in [-0.05, 0) is 51.8 Å². The highest BCUT2D eigenvalue weighted by atomic mass is 79.9. The van der Waals surface area contributed by atoms with Crippen LogP contribution in [0.1, 0.15) is 5.56 Å². The van der Waals surface area contributed by atoms with Crippen molar-refractivity contribution in [3.8, 4) is 5.75 Å². The lowest BCUT2D eigenvalue weighted by Gasteiger charge is -2.18. The van der Waals surface area contributed by atoms with Crippen LogP contribution in [0.3, 0.4) is 0 Å². The molecule has 0 atom stereocenters. The van der Waals surface area contributed by atoms with E-state index >= 15 is 0 Å². The summed E-state index contributed by atoms with van der Waals surface area (Å²) in [5, 5.41) is 0. The monoisotopic (exact) mass is 447 g/mol. The Labute approximate surface area is 147 Å². The molecule has 0 aliphatic carbocycles. The fraction of sp³-hybridized carbons (Fsp3) is 0.200. The van der Waals surface area contributed by atoms with Crippen LogP contribution in [0.4, 0.5) is 0 Å². The lowest BCUT2D eigenvalue weighted by Crippen LogP contribution is -2.26. The highest BCUT2D eigenvalue weighted by molar-refractivity contribution is 9.11. The van der Waals surface area contributed by atoms with Crippen LogP contribution in [-0.4, -0.2) is 26.9 Å². The second-order valence-corrected chi connectivity index (χ2v) is 8.47. The van der Waals surface area contributed by atoms with Gasteiger partial charge in [0.1, 0.15) is 5.75 Å². The Balaban J connectivity index is 2.30. The van der Waals surface area contributed by atoms with Crippen LogP contribution in [-0.2, 0) is 16.6 Å². The third-order valence-electron chi connectivity index (χ3n) is 3.12. The molecular formula is C15H15Br2NO3S. The van der Waals surface area contributed by atoms with Gasteiger partial charge in [-0.1, -0.05) is 28.1 Å². The summed E-state index contributed by atoms with van der Waals surface area (Å²) in [4.78, 5) is 0.229. The van der Waals surface area contributed by atoms with Crippen LogP contribution in [0.15, 0.2) is 56.3 Å². The van der Waals surface area contributed by atoms with Gasteiger partial charge >= 0.3 is 0 Å². The maximum absolute atomic E-state index is 12.7. The number of hydrogen-bond donors (Lipinski definition) is 0. The molecule has 2 aromatic carbocycles. The van der Waals surface area contributed by atoms with E-state index in [0.29, 0.717) is 14.7 Å². The number of rotatable bonds is 5. The Morgan fingerprint density at radius 3 is 2.55 bits per heavy atom. The summed E-state index contributed by atoms with van der Waals surface area (Å²) in [6, 6.07) is 12.4. The summed E-state index contributed by atoms with van der Waals surface area (Å²) in [5.74, 6) is 0.701. The maximum Gasteiger partial charge on any atom is 0.244 e. The van der Waals surface area contributed by atoms with Gasteiger partial charge in [0.2, 0.25) is 10.0 Å². The number of methoxy groups -OCH3 is 1. The Morgan fingerprint density at radius 2 is 1.86 bits per heavy atom. The second-order valence-electron chi connectivity index (χ2n) is 4.69. The first-order valence-electron chi connectivity index (χ1n) is 6.39. The zero-order valence-corrected chi connectivity index (χ0v) is 16.1. The summed E-state index contributed by atoms with van der Waals surface area (Å²) in [6.45, 7) is 0.262. The van der Waals surface area contributed by atoms with Crippen molar-refractivity contribution >= 4 is 41.9 Å². The van der Waals surface area contributed by atoms with Gasteiger partial charge in [0.25, 0.3) is 0 Å². The summed E-state index contributed by atoms with van der Waals surface area (Å²) in [5.41, 5.74) is 0.858. The van der Waals surface area contributed by atoms with E-state index in [9.17, 15) is 8.42 Å². The molecule has 0 unspecified atom stereocenters. The lowest BCUT2D eigenvalue weighted by molar-refractivity contribution is 0.412. The Kier molecular flexibility index (Phi) is 5.65.